The minimum absolute atomic E-state index is 0.0476. The zero-order valence-electron chi connectivity index (χ0n) is 14.0. The summed E-state index contributed by atoms with van der Waals surface area (Å²) in [5.41, 5.74) is -0.0476. The summed E-state index contributed by atoms with van der Waals surface area (Å²) in [5, 5.41) is 12.2. The predicted molar refractivity (Wildman–Crippen MR) is 86.4 cm³/mol. The summed E-state index contributed by atoms with van der Waals surface area (Å²) in [4.78, 5) is 16.5. The van der Waals surface area contributed by atoms with Gasteiger partial charge in [0.25, 0.3) is 0 Å². The Morgan fingerprint density at radius 3 is 2.67 bits per heavy atom. The van der Waals surface area contributed by atoms with E-state index in [0.717, 1.165) is 52.0 Å². The summed E-state index contributed by atoms with van der Waals surface area (Å²) in [5.74, 6) is 0. The number of aliphatic hydroxyl groups is 1. The molecule has 21 heavy (non-hydrogen) atoms. The fourth-order valence-corrected chi connectivity index (χ4v) is 2.67. The lowest BCUT2D eigenvalue weighted by Gasteiger charge is -2.23. The van der Waals surface area contributed by atoms with Gasteiger partial charge in [0, 0.05) is 32.8 Å². The largest absolute Gasteiger partial charge is 0.396 e. The SMILES string of the molecule is CCCN1CCCN(C(=O)NCCCC(C)(C)CO)CC1. The van der Waals surface area contributed by atoms with Gasteiger partial charge in [-0.2, -0.15) is 0 Å². The molecule has 0 atom stereocenters. The van der Waals surface area contributed by atoms with Crippen LogP contribution >= 0.6 is 0 Å². The monoisotopic (exact) mass is 299 g/mol. The second kappa shape index (κ2) is 9.26. The summed E-state index contributed by atoms with van der Waals surface area (Å²) in [6, 6.07) is 0.0650. The Kier molecular flexibility index (Phi) is 8.04. The number of carbonyl (C=O) groups excluding carboxylic acids is 1. The van der Waals surface area contributed by atoms with E-state index >= 15 is 0 Å². The third kappa shape index (κ3) is 7.14. The van der Waals surface area contributed by atoms with Gasteiger partial charge in [-0.15, -0.1) is 0 Å². The lowest BCUT2D eigenvalue weighted by Crippen LogP contribution is -2.42. The molecule has 1 rings (SSSR count). The van der Waals surface area contributed by atoms with E-state index in [4.69, 9.17) is 0 Å². The molecule has 1 fully saturated rings. The lowest BCUT2D eigenvalue weighted by molar-refractivity contribution is 0.147. The first-order valence-electron chi connectivity index (χ1n) is 8.34. The van der Waals surface area contributed by atoms with E-state index in [9.17, 15) is 9.90 Å². The van der Waals surface area contributed by atoms with Crippen LogP contribution in [0.2, 0.25) is 0 Å². The quantitative estimate of drug-likeness (QED) is 0.706. The second-order valence-corrected chi connectivity index (χ2v) is 6.84. The van der Waals surface area contributed by atoms with Crippen molar-refractivity contribution in [1.82, 2.24) is 15.1 Å². The molecule has 0 saturated carbocycles. The molecule has 0 aliphatic carbocycles. The third-order valence-electron chi connectivity index (χ3n) is 4.15. The number of urea groups is 1. The van der Waals surface area contributed by atoms with Gasteiger partial charge in [-0.05, 0) is 44.2 Å². The highest BCUT2D eigenvalue weighted by atomic mass is 16.3. The van der Waals surface area contributed by atoms with Crippen LogP contribution in [0.5, 0.6) is 0 Å². The van der Waals surface area contributed by atoms with Crippen molar-refractivity contribution in [2.75, 3.05) is 45.9 Å². The highest BCUT2D eigenvalue weighted by Gasteiger charge is 2.19. The van der Waals surface area contributed by atoms with Crippen molar-refractivity contribution in [1.29, 1.82) is 0 Å². The number of amides is 2. The van der Waals surface area contributed by atoms with E-state index in [2.05, 4.69) is 17.1 Å². The lowest BCUT2D eigenvalue weighted by atomic mass is 9.89. The normalized spacial score (nSPS) is 17.6. The van der Waals surface area contributed by atoms with E-state index in [0.29, 0.717) is 6.54 Å². The summed E-state index contributed by atoms with van der Waals surface area (Å²) in [7, 11) is 0. The molecule has 0 aromatic carbocycles. The zero-order chi connectivity index (χ0) is 15.7. The molecule has 0 spiro atoms. The van der Waals surface area contributed by atoms with Crippen LogP contribution in [0, 0.1) is 5.41 Å². The molecule has 5 nitrogen and oxygen atoms in total. The fraction of sp³-hybridized carbons (Fsp3) is 0.938. The standard InChI is InChI=1S/C16H33N3O2/c1-4-9-18-10-6-11-19(13-12-18)15(21)17-8-5-7-16(2,3)14-20/h20H,4-14H2,1-3H3,(H,17,21). The molecule has 0 unspecified atom stereocenters. The molecule has 5 heteroatoms. The highest BCUT2D eigenvalue weighted by Crippen LogP contribution is 2.20. The van der Waals surface area contributed by atoms with Crippen molar-refractivity contribution in [3.05, 3.63) is 0 Å². The number of hydrogen-bond acceptors (Lipinski definition) is 3. The molecule has 0 aromatic rings. The van der Waals surface area contributed by atoms with Gasteiger partial charge >= 0.3 is 6.03 Å². The Hall–Kier alpha value is -0.810. The van der Waals surface area contributed by atoms with Crippen LogP contribution in [0.4, 0.5) is 4.79 Å². The van der Waals surface area contributed by atoms with Crippen molar-refractivity contribution < 1.29 is 9.90 Å². The molecule has 1 saturated heterocycles. The maximum Gasteiger partial charge on any atom is 0.317 e. The fourth-order valence-electron chi connectivity index (χ4n) is 2.67. The second-order valence-electron chi connectivity index (χ2n) is 6.84. The van der Waals surface area contributed by atoms with Crippen LogP contribution in [0.15, 0.2) is 0 Å². The number of rotatable bonds is 7. The third-order valence-corrected chi connectivity index (χ3v) is 4.15. The van der Waals surface area contributed by atoms with Crippen molar-refractivity contribution >= 4 is 6.03 Å². The number of nitrogens with zero attached hydrogens (tertiary/aromatic N) is 2. The van der Waals surface area contributed by atoms with Crippen LogP contribution in [-0.2, 0) is 0 Å². The average Bonchev–Trinajstić information content (AvgIpc) is 2.69. The van der Waals surface area contributed by atoms with E-state index in [1.165, 1.54) is 6.42 Å². The minimum Gasteiger partial charge on any atom is -0.396 e. The minimum atomic E-state index is -0.0476. The van der Waals surface area contributed by atoms with Gasteiger partial charge in [0.15, 0.2) is 0 Å². The van der Waals surface area contributed by atoms with Crippen LogP contribution < -0.4 is 5.32 Å². The van der Waals surface area contributed by atoms with Crippen molar-refractivity contribution in [2.24, 2.45) is 5.41 Å². The molecule has 2 amide bonds. The molecule has 2 N–H and O–H groups in total. The first-order valence-corrected chi connectivity index (χ1v) is 8.34. The average molecular weight is 299 g/mol. The molecule has 1 aliphatic rings. The Morgan fingerprint density at radius 1 is 1.24 bits per heavy atom. The molecule has 1 aliphatic heterocycles. The summed E-state index contributed by atoms with van der Waals surface area (Å²) in [6.07, 6.45) is 4.07. The van der Waals surface area contributed by atoms with Crippen LogP contribution in [0.3, 0.4) is 0 Å². The van der Waals surface area contributed by atoms with Gasteiger partial charge < -0.3 is 20.2 Å². The summed E-state index contributed by atoms with van der Waals surface area (Å²) >= 11 is 0. The van der Waals surface area contributed by atoms with Gasteiger partial charge in [-0.3, -0.25) is 0 Å². The Morgan fingerprint density at radius 2 is 2.00 bits per heavy atom. The zero-order valence-corrected chi connectivity index (χ0v) is 14.0. The molecule has 0 bridgehead atoms. The Bertz CT molecular complexity index is 308. The molecule has 0 radical (unpaired) electrons. The van der Waals surface area contributed by atoms with Crippen LogP contribution in [-0.4, -0.2) is 66.8 Å². The van der Waals surface area contributed by atoms with Gasteiger partial charge in [0.2, 0.25) is 0 Å². The van der Waals surface area contributed by atoms with Gasteiger partial charge in [-0.1, -0.05) is 20.8 Å². The topological polar surface area (TPSA) is 55.8 Å². The van der Waals surface area contributed by atoms with Gasteiger partial charge in [0.05, 0.1) is 0 Å². The van der Waals surface area contributed by atoms with Crippen LogP contribution in [0.1, 0.15) is 46.5 Å². The highest BCUT2D eigenvalue weighted by molar-refractivity contribution is 5.74. The number of nitrogens with one attached hydrogen (secondary N) is 1. The Balaban J connectivity index is 2.23. The van der Waals surface area contributed by atoms with E-state index in [1.54, 1.807) is 0 Å². The van der Waals surface area contributed by atoms with Crippen molar-refractivity contribution in [2.45, 2.75) is 46.5 Å². The molecular weight excluding hydrogens is 266 g/mol. The van der Waals surface area contributed by atoms with Crippen molar-refractivity contribution in [3.63, 3.8) is 0 Å². The molecule has 124 valence electrons. The number of hydrogen-bond donors (Lipinski definition) is 2. The maximum absolute atomic E-state index is 12.2. The van der Waals surface area contributed by atoms with E-state index in [1.807, 2.05) is 18.7 Å². The first-order chi connectivity index (χ1) is 9.98. The Labute approximate surface area is 129 Å². The molecular formula is C16H33N3O2. The van der Waals surface area contributed by atoms with Gasteiger partial charge in [0.1, 0.15) is 0 Å². The number of aliphatic hydroxyl groups excluding tert-OH is 1. The number of carbonyl (C=O) groups is 1. The van der Waals surface area contributed by atoms with Crippen LogP contribution in [0.25, 0.3) is 0 Å². The smallest absolute Gasteiger partial charge is 0.317 e. The predicted octanol–water partition coefficient (Wildman–Crippen LogP) is 1.91. The maximum atomic E-state index is 12.2. The first kappa shape index (κ1) is 18.2. The summed E-state index contributed by atoms with van der Waals surface area (Å²) < 4.78 is 0. The molecule has 0 aromatic heterocycles. The van der Waals surface area contributed by atoms with Gasteiger partial charge in [-0.25, -0.2) is 4.79 Å². The van der Waals surface area contributed by atoms with E-state index in [-0.39, 0.29) is 18.1 Å². The molecule has 1 heterocycles. The van der Waals surface area contributed by atoms with Crippen molar-refractivity contribution in [3.8, 4) is 0 Å². The van der Waals surface area contributed by atoms with E-state index < -0.39 is 0 Å². The summed E-state index contributed by atoms with van der Waals surface area (Å²) in [6.45, 7) is 12.1.